The molecule has 208 valence electrons. The molecule has 3 atom stereocenters. The molecule has 4 rings (SSSR count). The fourth-order valence-electron chi connectivity index (χ4n) is 6.11. The summed E-state index contributed by atoms with van der Waals surface area (Å²) in [7, 11) is 0. The van der Waals surface area contributed by atoms with Crippen LogP contribution in [0.4, 0.5) is 0 Å². The van der Waals surface area contributed by atoms with Crippen molar-refractivity contribution in [1.29, 1.82) is 0 Å². The molecular formula is C37H45N3. The number of H-pyrrole nitrogens is 1. The first kappa shape index (κ1) is 29.3. The number of fused-ring (bicyclic) bond motifs is 1. The van der Waals surface area contributed by atoms with Gasteiger partial charge in [0, 0.05) is 37.3 Å². The van der Waals surface area contributed by atoms with Gasteiger partial charge in [-0.2, -0.15) is 0 Å². The number of hydrogen-bond acceptors (Lipinski definition) is 2. The van der Waals surface area contributed by atoms with E-state index in [0.717, 1.165) is 32.1 Å². The number of hydrogen-bond donors (Lipinski definition) is 3. The van der Waals surface area contributed by atoms with E-state index in [1.54, 1.807) is 0 Å². The van der Waals surface area contributed by atoms with Crippen LogP contribution < -0.4 is 11.5 Å². The van der Waals surface area contributed by atoms with Crippen LogP contribution in [0.1, 0.15) is 44.6 Å². The highest BCUT2D eigenvalue weighted by atomic mass is 14.6. The van der Waals surface area contributed by atoms with Gasteiger partial charge >= 0.3 is 0 Å². The van der Waals surface area contributed by atoms with Crippen LogP contribution in [0.15, 0.2) is 144 Å². The molecular weight excluding hydrogens is 486 g/mol. The summed E-state index contributed by atoms with van der Waals surface area (Å²) in [4.78, 5) is 3.16. The summed E-state index contributed by atoms with van der Waals surface area (Å²) in [6.45, 7) is 7.91. The largest absolute Gasteiger partial charge is 0.367 e. The third-order valence-corrected chi connectivity index (χ3v) is 8.31. The van der Waals surface area contributed by atoms with Gasteiger partial charge in [0.05, 0.1) is 0 Å². The number of rotatable bonds is 12. The summed E-state index contributed by atoms with van der Waals surface area (Å²) in [5.41, 5.74) is 21.3. The summed E-state index contributed by atoms with van der Waals surface area (Å²) >= 11 is 0. The van der Waals surface area contributed by atoms with Gasteiger partial charge in [0.15, 0.2) is 0 Å². The molecule has 0 saturated heterocycles. The Labute approximate surface area is 241 Å². The Hall–Kier alpha value is -3.66. The fourth-order valence-corrected chi connectivity index (χ4v) is 6.11. The predicted octanol–water partition coefficient (Wildman–Crippen LogP) is 8.22. The average Bonchev–Trinajstić information content (AvgIpc) is 3.54. The van der Waals surface area contributed by atoms with Crippen LogP contribution in [-0.2, 0) is 0 Å². The Kier molecular flexibility index (Phi) is 11.2. The molecule has 0 aromatic carbocycles. The van der Waals surface area contributed by atoms with Crippen LogP contribution >= 0.6 is 0 Å². The molecule has 0 spiro atoms. The van der Waals surface area contributed by atoms with Crippen LogP contribution in [0.25, 0.3) is 5.57 Å². The maximum Gasteiger partial charge on any atom is 0.0143 e. The first-order valence-electron chi connectivity index (χ1n) is 14.7. The Morgan fingerprint density at radius 2 is 1.88 bits per heavy atom. The average molecular weight is 532 g/mol. The molecule has 3 aliphatic carbocycles. The Morgan fingerprint density at radius 3 is 2.60 bits per heavy atom. The SMILES string of the molecule is C=C(CC/C(=C\C)C1C=CC(c2cc[nH]c2)=CC1)C1=C2C=CC=CC2C(/C(=C/C=C/C=C/C=C\CN)CN)CC1. The smallest absolute Gasteiger partial charge is 0.0143 e. The summed E-state index contributed by atoms with van der Waals surface area (Å²) in [6.07, 6.45) is 41.9. The zero-order valence-electron chi connectivity index (χ0n) is 23.9. The van der Waals surface area contributed by atoms with Crippen molar-refractivity contribution in [3.05, 3.63) is 150 Å². The van der Waals surface area contributed by atoms with Crippen LogP contribution in [0, 0.1) is 17.8 Å². The standard InChI is InChI=1S/C37H45N3/c1-3-29(30-17-19-31(20-18-30)33-23-25-40-27-33)16-15-28(2)34-21-22-35(37-14-10-9-13-36(34)37)32(26-39)12-8-6-4-5-7-11-24-38/h3-14,17,19-20,23,25,27,30,35,37,40H,2,15-16,18,21-22,24,26,38-39H2,1H3/b5-4+,8-6+,11-7-,29-3+,32-12+. The van der Waals surface area contributed by atoms with E-state index in [4.69, 9.17) is 11.5 Å². The van der Waals surface area contributed by atoms with Gasteiger partial charge in [-0.15, -0.1) is 0 Å². The number of aromatic amines is 1. The molecule has 0 radical (unpaired) electrons. The van der Waals surface area contributed by atoms with E-state index in [9.17, 15) is 0 Å². The molecule has 1 heterocycles. The molecule has 1 aromatic rings. The van der Waals surface area contributed by atoms with Crippen molar-refractivity contribution in [2.75, 3.05) is 13.1 Å². The highest BCUT2D eigenvalue weighted by Crippen LogP contribution is 2.44. The summed E-state index contributed by atoms with van der Waals surface area (Å²) in [6, 6.07) is 2.13. The zero-order valence-corrected chi connectivity index (χ0v) is 23.9. The highest BCUT2D eigenvalue weighted by Gasteiger charge is 2.32. The van der Waals surface area contributed by atoms with E-state index in [1.807, 2.05) is 30.5 Å². The third-order valence-electron chi connectivity index (χ3n) is 8.31. The zero-order chi connectivity index (χ0) is 28.2. The van der Waals surface area contributed by atoms with Gasteiger partial charge in [-0.05, 0) is 73.3 Å². The summed E-state index contributed by atoms with van der Waals surface area (Å²) in [5.74, 6) is 1.25. The number of nitrogens with two attached hydrogens (primary N) is 2. The minimum absolute atomic E-state index is 0.358. The quantitative estimate of drug-likeness (QED) is 0.188. The van der Waals surface area contributed by atoms with E-state index in [2.05, 4.69) is 97.6 Å². The van der Waals surface area contributed by atoms with E-state index in [1.165, 1.54) is 39.0 Å². The lowest BCUT2D eigenvalue weighted by atomic mass is 9.68. The van der Waals surface area contributed by atoms with Gasteiger partial charge in [-0.1, -0.05) is 114 Å². The molecule has 0 aliphatic heterocycles. The molecule has 0 saturated carbocycles. The van der Waals surface area contributed by atoms with Crippen molar-refractivity contribution >= 4 is 5.57 Å². The van der Waals surface area contributed by atoms with Gasteiger partial charge in [-0.25, -0.2) is 0 Å². The monoisotopic (exact) mass is 531 g/mol. The first-order chi connectivity index (χ1) is 19.7. The molecule has 1 aromatic heterocycles. The van der Waals surface area contributed by atoms with Crippen molar-refractivity contribution in [1.82, 2.24) is 4.98 Å². The molecule has 0 fully saturated rings. The maximum atomic E-state index is 6.27. The molecule has 40 heavy (non-hydrogen) atoms. The highest BCUT2D eigenvalue weighted by molar-refractivity contribution is 5.74. The van der Waals surface area contributed by atoms with Crippen LogP contribution in [0.2, 0.25) is 0 Å². The fraction of sp³-hybridized carbons (Fsp3) is 0.297. The molecule has 0 bridgehead atoms. The predicted molar refractivity (Wildman–Crippen MR) is 173 cm³/mol. The molecule has 5 N–H and O–H groups in total. The normalized spacial score (nSPS) is 23.6. The second-order valence-corrected chi connectivity index (χ2v) is 10.7. The lowest BCUT2D eigenvalue weighted by Crippen LogP contribution is -2.27. The van der Waals surface area contributed by atoms with Gasteiger partial charge in [-0.3, -0.25) is 0 Å². The molecule has 3 aliphatic rings. The lowest BCUT2D eigenvalue weighted by molar-refractivity contribution is 0.440. The minimum atomic E-state index is 0.358. The summed E-state index contributed by atoms with van der Waals surface area (Å²) in [5, 5.41) is 0. The first-order valence-corrected chi connectivity index (χ1v) is 14.7. The lowest BCUT2D eigenvalue weighted by Gasteiger charge is -2.36. The van der Waals surface area contributed by atoms with Crippen molar-refractivity contribution in [2.45, 2.75) is 39.0 Å². The molecule has 0 amide bonds. The van der Waals surface area contributed by atoms with Crippen molar-refractivity contribution in [3.8, 4) is 0 Å². The number of nitrogens with one attached hydrogen (secondary N) is 1. The summed E-state index contributed by atoms with van der Waals surface area (Å²) < 4.78 is 0. The van der Waals surface area contributed by atoms with Gasteiger partial charge < -0.3 is 16.5 Å². The maximum absolute atomic E-state index is 6.27. The van der Waals surface area contributed by atoms with Gasteiger partial charge in [0.25, 0.3) is 0 Å². The molecule has 3 nitrogen and oxygen atoms in total. The Bertz CT molecular complexity index is 1320. The van der Waals surface area contributed by atoms with E-state index in [0.29, 0.717) is 30.8 Å². The third kappa shape index (κ3) is 7.50. The Morgan fingerprint density at radius 1 is 1.02 bits per heavy atom. The number of aromatic nitrogens is 1. The van der Waals surface area contributed by atoms with E-state index < -0.39 is 0 Å². The van der Waals surface area contributed by atoms with E-state index in [-0.39, 0.29) is 0 Å². The Balaban J connectivity index is 1.40. The topological polar surface area (TPSA) is 67.8 Å². The molecule has 3 unspecified atom stereocenters. The number of allylic oxidation sites excluding steroid dienone is 19. The van der Waals surface area contributed by atoms with Crippen LogP contribution in [0.3, 0.4) is 0 Å². The van der Waals surface area contributed by atoms with Gasteiger partial charge in [0.1, 0.15) is 0 Å². The second-order valence-electron chi connectivity index (χ2n) is 10.7. The van der Waals surface area contributed by atoms with Crippen molar-refractivity contribution in [2.24, 2.45) is 29.2 Å². The molecule has 3 heteroatoms. The van der Waals surface area contributed by atoms with Crippen molar-refractivity contribution in [3.63, 3.8) is 0 Å². The van der Waals surface area contributed by atoms with Gasteiger partial charge in [0.2, 0.25) is 0 Å². The minimum Gasteiger partial charge on any atom is -0.367 e. The van der Waals surface area contributed by atoms with E-state index >= 15 is 0 Å². The van der Waals surface area contributed by atoms with Crippen LogP contribution in [-0.4, -0.2) is 18.1 Å². The van der Waals surface area contributed by atoms with Crippen LogP contribution in [0.5, 0.6) is 0 Å². The van der Waals surface area contributed by atoms with Crippen molar-refractivity contribution < 1.29 is 0 Å². The second kappa shape index (κ2) is 15.2.